The maximum atomic E-state index is 13.1. The molecule has 0 aliphatic heterocycles. The van der Waals surface area contributed by atoms with Crippen molar-refractivity contribution in [1.82, 2.24) is 9.47 Å². The third-order valence-corrected chi connectivity index (χ3v) is 5.58. The SMILES string of the molecule is CCCCN(Cc1cccn1Cc1ccccc1Cl)C(=O)c1cccc(Br)c1. The largest absolute Gasteiger partial charge is 0.345 e. The van der Waals surface area contributed by atoms with Gasteiger partial charge in [0.2, 0.25) is 0 Å². The van der Waals surface area contributed by atoms with Crippen molar-refractivity contribution in [2.24, 2.45) is 0 Å². The van der Waals surface area contributed by atoms with Gasteiger partial charge < -0.3 is 9.47 Å². The number of carbonyl (C=O) groups is 1. The molecule has 3 nitrogen and oxygen atoms in total. The van der Waals surface area contributed by atoms with E-state index < -0.39 is 0 Å². The summed E-state index contributed by atoms with van der Waals surface area (Å²) < 4.78 is 3.07. The molecule has 0 aliphatic carbocycles. The second kappa shape index (κ2) is 9.94. The number of unbranched alkanes of at least 4 members (excludes halogenated alkanes) is 1. The van der Waals surface area contributed by atoms with Gasteiger partial charge in [-0.05, 0) is 48.4 Å². The fraction of sp³-hybridized carbons (Fsp3) is 0.261. The molecule has 0 saturated heterocycles. The summed E-state index contributed by atoms with van der Waals surface area (Å²) in [5.41, 5.74) is 2.87. The average molecular weight is 460 g/mol. The van der Waals surface area contributed by atoms with Crippen molar-refractivity contribution in [3.63, 3.8) is 0 Å². The second-order valence-corrected chi connectivity index (χ2v) is 8.13. The summed E-state index contributed by atoms with van der Waals surface area (Å²) in [6, 6.07) is 19.5. The summed E-state index contributed by atoms with van der Waals surface area (Å²) >= 11 is 9.79. The van der Waals surface area contributed by atoms with Crippen LogP contribution < -0.4 is 0 Å². The van der Waals surface area contributed by atoms with Crippen LogP contribution in [0.25, 0.3) is 0 Å². The fourth-order valence-corrected chi connectivity index (χ4v) is 3.75. The van der Waals surface area contributed by atoms with E-state index in [0.717, 1.165) is 40.1 Å². The van der Waals surface area contributed by atoms with Crippen molar-refractivity contribution in [3.05, 3.63) is 93.2 Å². The first-order valence-electron chi connectivity index (χ1n) is 9.50. The number of nitrogens with zero attached hydrogens (tertiary/aromatic N) is 2. The Bertz CT molecular complexity index is 938. The Labute approximate surface area is 180 Å². The topological polar surface area (TPSA) is 25.2 Å². The van der Waals surface area contributed by atoms with Crippen LogP contribution in [0, 0.1) is 0 Å². The quantitative estimate of drug-likeness (QED) is 0.383. The lowest BCUT2D eigenvalue weighted by molar-refractivity contribution is 0.0737. The Morgan fingerprint density at radius 2 is 1.93 bits per heavy atom. The molecule has 0 radical (unpaired) electrons. The average Bonchev–Trinajstić information content (AvgIpc) is 3.13. The minimum atomic E-state index is 0.0558. The first kappa shape index (κ1) is 20.7. The predicted octanol–water partition coefficient (Wildman–Crippen LogP) is 6.39. The van der Waals surface area contributed by atoms with E-state index in [1.807, 2.05) is 65.7 Å². The molecule has 28 heavy (non-hydrogen) atoms. The van der Waals surface area contributed by atoms with E-state index in [1.165, 1.54) is 0 Å². The van der Waals surface area contributed by atoms with Gasteiger partial charge in [-0.25, -0.2) is 0 Å². The lowest BCUT2D eigenvalue weighted by Crippen LogP contribution is -2.32. The van der Waals surface area contributed by atoms with Crippen molar-refractivity contribution < 1.29 is 4.79 Å². The van der Waals surface area contributed by atoms with Crippen molar-refractivity contribution in [1.29, 1.82) is 0 Å². The Morgan fingerprint density at radius 1 is 1.11 bits per heavy atom. The van der Waals surface area contributed by atoms with Gasteiger partial charge in [0, 0.05) is 40.0 Å². The molecule has 0 atom stereocenters. The maximum absolute atomic E-state index is 13.1. The molecule has 1 heterocycles. The molecule has 0 saturated carbocycles. The van der Waals surface area contributed by atoms with E-state index >= 15 is 0 Å². The smallest absolute Gasteiger partial charge is 0.254 e. The normalized spacial score (nSPS) is 10.8. The summed E-state index contributed by atoms with van der Waals surface area (Å²) in [5.74, 6) is 0.0558. The molecular weight excluding hydrogens is 436 g/mol. The summed E-state index contributed by atoms with van der Waals surface area (Å²) in [4.78, 5) is 15.1. The van der Waals surface area contributed by atoms with E-state index in [9.17, 15) is 4.79 Å². The fourth-order valence-electron chi connectivity index (χ4n) is 3.16. The third kappa shape index (κ3) is 5.27. The highest BCUT2D eigenvalue weighted by Crippen LogP contribution is 2.20. The number of rotatable bonds is 8. The first-order chi connectivity index (χ1) is 13.6. The molecule has 0 aliphatic rings. The molecule has 1 amide bonds. The van der Waals surface area contributed by atoms with Crippen molar-refractivity contribution in [2.45, 2.75) is 32.9 Å². The number of hydrogen-bond acceptors (Lipinski definition) is 1. The van der Waals surface area contributed by atoms with Crippen LogP contribution in [0.15, 0.2) is 71.3 Å². The monoisotopic (exact) mass is 458 g/mol. The molecule has 3 aromatic rings. The van der Waals surface area contributed by atoms with Crippen LogP contribution in [0.1, 0.15) is 41.4 Å². The highest BCUT2D eigenvalue weighted by molar-refractivity contribution is 9.10. The van der Waals surface area contributed by atoms with Gasteiger partial charge in [-0.15, -0.1) is 0 Å². The molecule has 146 valence electrons. The minimum absolute atomic E-state index is 0.0558. The lowest BCUT2D eigenvalue weighted by Gasteiger charge is -2.24. The molecule has 5 heteroatoms. The Kier molecular flexibility index (Phi) is 7.35. The predicted molar refractivity (Wildman–Crippen MR) is 119 cm³/mol. The molecule has 0 spiro atoms. The van der Waals surface area contributed by atoms with E-state index in [0.29, 0.717) is 18.7 Å². The van der Waals surface area contributed by atoms with Crippen LogP contribution in [0.2, 0.25) is 5.02 Å². The van der Waals surface area contributed by atoms with Crippen molar-refractivity contribution in [2.75, 3.05) is 6.54 Å². The maximum Gasteiger partial charge on any atom is 0.254 e. The summed E-state index contributed by atoms with van der Waals surface area (Å²) in [6.07, 6.45) is 4.06. The highest BCUT2D eigenvalue weighted by Gasteiger charge is 2.17. The van der Waals surface area contributed by atoms with Gasteiger partial charge >= 0.3 is 0 Å². The molecule has 0 unspecified atom stereocenters. The number of carbonyl (C=O) groups excluding carboxylic acids is 1. The van der Waals surface area contributed by atoms with E-state index in [2.05, 4.69) is 33.5 Å². The Balaban J connectivity index is 1.81. The molecular formula is C23H24BrClN2O. The molecule has 0 fully saturated rings. The molecule has 0 bridgehead atoms. The van der Waals surface area contributed by atoms with Gasteiger partial charge in [-0.3, -0.25) is 4.79 Å². The van der Waals surface area contributed by atoms with Crippen LogP contribution in [0.5, 0.6) is 0 Å². The van der Waals surface area contributed by atoms with Crippen LogP contribution in [-0.2, 0) is 13.1 Å². The van der Waals surface area contributed by atoms with Crippen LogP contribution in [-0.4, -0.2) is 21.9 Å². The number of benzene rings is 2. The van der Waals surface area contributed by atoms with Gasteiger partial charge in [0.1, 0.15) is 0 Å². The van der Waals surface area contributed by atoms with Crippen LogP contribution >= 0.6 is 27.5 Å². The zero-order chi connectivity index (χ0) is 19.9. The van der Waals surface area contributed by atoms with E-state index in [4.69, 9.17) is 11.6 Å². The Hall–Kier alpha value is -2.04. The Morgan fingerprint density at radius 3 is 2.68 bits per heavy atom. The minimum Gasteiger partial charge on any atom is -0.345 e. The summed E-state index contributed by atoms with van der Waals surface area (Å²) in [6.45, 7) is 4.14. The van der Waals surface area contributed by atoms with Crippen LogP contribution in [0.4, 0.5) is 0 Å². The number of hydrogen-bond donors (Lipinski definition) is 0. The van der Waals surface area contributed by atoms with Gasteiger partial charge in [0.05, 0.1) is 6.54 Å². The van der Waals surface area contributed by atoms with Crippen molar-refractivity contribution in [3.8, 4) is 0 Å². The molecule has 2 aromatic carbocycles. The van der Waals surface area contributed by atoms with E-state index in [1.54, 1.807) is 0 Å². The summed E-state index contributed by atoms with van der Waals surface area (Å²) in [7, 11) is 0. The summed E-state index contributed by atoms with van der Waals surface area (Å²) in [5, 5.41) is 0.759. The van der Waals surface area contributed by atoms with Crippen molar-refractivity contribution >= 4 is 33.4 Å². The second-order valence-electron chi connectivity index (χ2n) is 6.81. The highest BCUT2D eigenvalue weighted by atomic mass is 79.9. The zero-order valence-electron chi connectivity index (χ0n) is 15.9. The number of aromatic nitrogens is 1. The lowest BCUT2D eigenvalue weighted by atomic mass is 10.1. The number of amides is 1. The van der Waals surface area contributed by atoms with Crippen LogP contribution in [0.3, 0.4) is 0 Å². The standard InChI is InChI=1S/C23H24BrClN2O/c1-2-3-13-27(23(28)18-9-6-10-20(24)15-18)17-21-11-7-14-26(21)16-19-8-4-5-12-22(19)25/h4-12,14-15H,2-3,13,16-17H2,1H3. The molecule has 0 N–H and O–H groups in total. The van der Waals surface area contributed by atoms with Gasteiger partial charge in [0.25, 0.3) is 5.91 Å². The zero-order valence-corrected chi connectivity index (χ0v) is 18.3. The molecule has 1 aromatic heterocycles. The van der Waals surface area contributed by atoms with Gasteiger partial charge in [-0.1, -0.05) is 65.1 Å². The first-order valence-corrected chi connectivity index (χ1v) is 10.7. The van der Waals surface area contributed by atoms with E-state index in [-0.39, 0.29) is 5.91 Å². The molecule has 3 rings (SSSR count). The number of halogens is 2. The third-order valence-electron chi connectivity index (χ3n) is 4.72. The van der Waals surface area contributed by atoms with Gasteiger partial charge in [0.15, 0.2) is 0 Å². The van der Waals surface area contributed by atoms with Gasteiger partial charge in [-0.2, -0.15) is 0 Å².